The molecule has 1 aliphatic rings. The predicted molar refractivity (Wildman–Crippen MR) is 73.2 cm³/mol. The Bertz CT molecular complexity index is 423. The average molecular weight is 265 g/mol. The second-order valence-electron chi connectivity index (χ2n) is 3.58. The fourth-order valence-electron chi connectivity index (χ4n) is 1.40. The van der Waals surface area contributed by atoms with Gasteiger partial charge in [0.15, 0.2) is 5.17 Å². The lowest BCUT2D eigenvalue weighted by Crippen LogP contribution is -2.39. The zero-order valence-electron chi connectivity index (χ0n) is 9.89. The van der Waals surface area contributed by atoms with E-state index in [0.29, 0.717) is 18.3 Å². The Morgan fingerprint density at radius 1 is 1.39 bits per heavy atom. The van der Waals surface area contributed by atoms with E-state index in [1.807, 2.05) is 30.3 Å². The number of carbonyl (C=O) groups excluding carboxylic acids is 1. The molecule has 1 aromatic rings. The van der Waals surface area contributed by atoms with Crippen LogP contribution in [-0.2, 0) is 0 Å². The number of hydrogen-bond acceptors (Lipinski definition) is 4. The molecule has 2 amide bonds. The van der Waals surface area contributed by atoms with E-state index in [4.69, 9.17) is 4.74 Å². The van der Waals surface area contributed by atoms with Crippen molar-refractivity contribution in [2.24, 2.45) is 4.99 Å². The standard InChI is InChI=1S/C12H15N3O2S/c16-11(15-12-14-7-9-18-12)13-6-8-17-10-4-2-1-3-5-10/h1-5H,6-9H2,(H2,13,14,15,16). The van der Waals surface area contributed by atoms with Gasteiger partial charge >= 0.3 is 6.03 Å². The van der Waals surface area contributed by atoms with E-state index in [1.165, 1.54) is 0 Å². The van der Waals surface area contributed by atoms with Crippen LogP contribution in [0.4, 0.5) is 4.79 Å². The summed E-state index contributed by atoms with van der Waals surface area (Å²) in [6.07, 6.45) is 0. The van der Waals surface area contributed by atoms with Gasteiger partial charge in [-0.1, -0.05) is 30.0 Å². The summed E-state index contributed by atoms with van der Waals surface area (Å²) in [5.41, 5.74) is 0. The molecule has 0 unspecified atom stereocenters. The van der Waals surface area contributed by atoms with Crippen molar-refractivity contribution >= 4 is 23.0 Å². The number of nitrogens with zero attached hydrogens (tertiary/aromatic N) is 1. The lowest BCUT2D eigenvalue weighted by atomic mass is 10.3. The molecule has 0 fully saturated rings. The topological polar surface area (TPSA) is 62.7 Å². The highest BCUT2D eigenvalue weighted by molar-refractivity contribution is 8.14. The number of thioether (sulfide) groups is 1. The Labute approximate surface area is 110 Å². The van der Waals surface area contributed by atoms with E-state index in [0.717, 1.165) is 18.0 Å². The summed E-state index contributed by atoms with van der Waals surface area (Å²) in [7, 11) is 0. The van der Waals surface area contributed by atoms with Gasteiger partial charge in [0.05, 0.1) is 13.1 Å². The van der Waals surface area contributed by atoms with Crippen LogP contribution < -0.4 is 15.4 Å². The monoisotopic (exact) mass is 265 g/mol. The van der Waals surface area contributed by atoms with Crippen LogP contribution in [0.5, 0.6) is 5.75 Å². The Morgan fingerprint density at radius 3 is 2.94 bits per heavy atom. The number of para-hydroxylation sites is 1. The number of amidine groups is 1. The first-order valence-electron chi connectivity index (χ1n) is 5.74. The SMILES string of the molecule is O=C(NCCOc1ccccc1)NC1=NCCS1. The Hall–Kier alpha value is -1.69. The zero-order chi connectivity index (χ0) is 12.6. The molecular weight excluding hydrogens is 250 g/mol. The number of ether oxygens (including phenoxy) is 1. The Balaban J connectivity index is 1.59. The predicted octanol–water partition coefficient (Wildman–Crippen LogP) is 1.47. The van der Waals surface area contributed by atoms with Crippen LogP contribution >= 0.6 is 11.8 Å². The van der Waals surface area contributed by atoms with E-state index in [-0.39, 0.29) is 6.03 Å². The highest BCUT2D eigenvalue weighted by atomic mass is 32.2. The van der Waals surface area contributed by atoms with Crippen molar-refractivity contribution < 1.29 is 9.53 Å². The molecule has 2 N–H and O–H groups in total. The van der Waals surface area contributed by atoms with E-state index >= 15 is 0 Å². The van der Waals surface area contributed by atoms with Crippen LogP contribution in [0.15, 0.2) is 35.3 Å². The summed E-state index contributed by atoms with van der Waals surface area (Å²) in [5, 5.41) is 6.09. The van der Waals surface area contributed by atoms with E-state index in [1.54, 1.807) is 11.8 Å². The quantitative estimate of drug-likeness (QED) is 0.810. The molecule has 0 spiro atoms. The molecular formula is C12H15N3O2S. The smallest absolute Gasteiger partial charge is 0.320 e. The number of hydrogen-bond donors (Lipinski definition) is 2. The number of rotatable bonds is 4. The molecule has 0 saturated heterocycles. The second kappa shape index (κ2) is 6.90. The maximum Gasteiger partial charge on any atom is 0.320 e. The van der Waals surface area contributed by atoms with Crippen LogP contribution in [0.25, 0.3) is 0 Å². The number of urea groups is 1. The fourth-order valence-corrected chi connectivity index (χ4v) is 2.13. The average Bonchev–Trinajstić information content (AvgIpc) is 2.89. The summed E-state index contributed by atoms with van der Waals surface area (Å²) < 4.78 is 5.45. The van der Waals surface area contributed by atoms with Gasteiger partial charge in [0.2, 0.25) is 0 Å². The Morgan fingerprint density at radius 2 is 2.22 bits per heavy atom. The molecule has 1 heterocycles. The van der Waals surface area contributed by atoms with Crippen molar-refractivity contribution in [1.82, 2.24) is 10.6 Å². The van der Waals surface area contributed by atoms with Gasteiger partial charge in [-0.3, -0.25) is 10.3 Å². The summed E-state index contributed by atoms with van der Waals surface area (Å²) in [4.78, 5) is 15.6. The molecule has 18 heavy (non-hydrogen) atoms. The molecule has 0 radical (unpaired) electrons. The summed E-state index contributed by atoms with van der Waals surface area (Å²) in [5.74, 6) is 1.74. The van der Waals surface area contributed by atoms with E-state index in [2.05, 4.69) is 15.6 Å². The van der Waals surface area contributed by atoms with Gasteiger partial charge in [-0.15, -0.1) is 0 Å². The lowest BCUT2D eigenvalue weighted by Gasteiger charge is -2.08. The van der Waals surface area contributed by atoms with Gasteiger partial charge in [0.25, 0.3) is 0 Å². The first kappa shape index (κ1) is 12.8. The first-order valence-corrected chi connectivity index (χ1v) is 6.73. The van der Waals surface area contributed by atoms with E-state index < -0.39 is 0 Å². The largest absolute Gasteiger partial charge is 0.492 e. The minimum absolute atomic E-state index is 0.236. The third kappa shape index (κ3) is 4.29. The third-order valence-electron chi connectivity index (χ3n) is 2.21. The minimum Gasteiger partial charge on any atom is -0.492 e. The molecule has 1 aromatic carbocycles. The molecule has 0 bridgehead atoms. The molecule has 1 aliphatic heterocycles. The molecule has 5 nitrogen and oxygen atoms in total. The number of nitrogens with one attached hydrogen (secondary N) is 2. The van der Waals surface area contributed by atoms with Crippen molar-refractivity contribution in [2.45, 2.75) is 0 Å². The second-order valence-corrected chi connectivity index (χ2v) is 4.66. The van der Waals surface area contributed by atoms with Crippen molar-refractivity contribution in [1.29, 1.82) is 0 Å². The van der Waals surface area contributed by atoms with Crippen LogP contribution in [0.3, 0.4) is 0 Å². The number of amides is 2. The molecule has 2 rings (SSSR count). The third-order valence-corrected chi connectivity index (χ3v) is 3.10. The van der Waals surface area contributed by atoms with Crippen LogP contribution in [0.1, 0.15) is 0 Å². The number of benzene rings is 1. The van der Waals surface area contributed by atoms with Crippen LogP contribution in [0.2, 0.25) is 0 Å². The molecule has 0 aliphatic carbocycles. The van der Waals surface area contributed by atoms with Gasteiger partial charge in [-0.05, 0) is 12.1 Å². The number of aliphatic imine (C=N–C) groups is 1. The van der Waals surface area contributed by atoms with Gasteiger partial charge in [-0.2, -0.15) is 0 Å². The lowest BCUT2D eigenvalue weighted by molar-refractivity contribution is 0.241. The number of carbonyl (C=O) groups is 1. The Kier molecular flexibility index (Phi) is 4.89. The van der Waals surface area contributed by atoms with Gasteiger partial charge in [-0.25, -0.2) is 4.79 Å². The highest BCUT2D eigenvalue weighted by Gasteiger charge is 2.09. The molecule has 96 valence electrons. The van der Waals surface area contributed by atoms with Crippen LogP contribution in [0, 0.1) is 0 Å². The summed E-state index contributed by atoms with van der Waals surface area (Å²) in [6.45, 7) is 1.67. The van der Waals surface area contributed by atoms with Crippen molar-refractivity contribution in [3.05, 3.63) is 30.3 Å². The summed E-state index contributed by atoms with van der Waals surface area (Å²) in [6, 6.07) is 9.27. The van der Waals surface area contributed by atoms with Gasteiger partial charge < -0.3 is 10.1 Å². The molecule has 6 heteroatoms. The maximum atomic E-state index is 11.4. The van der Waals surface area contributed by atoms with Crippen LogP contribution in [-0.4, -0.2) is 36.6 Å². The highest BCUT2D eigenvalue weighted by Crippen LogP contribution is 2.08. The van der Waals surface area contributed by atoms with Crippen molar-refractivity contribution in [3.8, 4) is 5.75 Å². The molecule has 0 atom stereocenters. The summed E-state index contributed by atoms with van der Waals surface area (Å²) >= 11 is 1.55. The first-order chi connectivity index (χ1) is 8.84. The fraction of sp³-hybridized carbons (Fsp3) is 0.333. The van der Waals surface area contributed by atoms with E-state index in [9.17, 15) is 4.79 Å². The maximum absolute atomic E-state index is 11.4. The van der Waals surface area contributed by atoms with Gasteiger partial charge in [0, 0.05) is 5.75 Å². The minimum atomic E-state index is -0.236. The molecule has 0 aromatic heterocycles. The van der Waals surface area contributed by atoms with Crippen molar-refractivity contribution in [3.63, 3.8) is 0 Å². The molecule has 0 saturated carbocycles. The van der Waals surface area contributed by atoms with Crippen molar-refractivity contribution in [2.75, 3.05) is 25.4 Å². The normalized spacial score (nSPS) is 13.9. The van der Waals surface area contributed by atoms with Gasteiger partial charge in [0.1, 0.15) is 12.4 Å². The zero-order valence-corrected chi connectivity index (χ0v) is 10.7.